The molecule has 0 aliphatic carbocycles. The SMILES string of the molecule is CN(C)NS(=O)(=O)c1ccc(O)cc1. The Kier molecular flexibility index (Phi) is 3.10. The van der Waals surface area contributed by atoms with Gasteiger partial charge in [-0.2, -0.15) is 0 Å². The van der Waals surface area contributed by atoms with Crippen LogP contribution in [0.3, 0.4) is 0 Å². The summed E-state index contributed by atoms with van der Waals surface area (Å²) in [5.41, 5.74) is 0. The van der Waals surface area contributed by atoms with E-state index in [1.165, 1.54) is 29.3 Å². The summed E-state index contributed by atoms with van der Waals surface area (Å²) in [5, 5.41) is 10.3. The number of hydrogen-bond donors (Lipinski definition) is 2. The zero-order chi connectivity index (χ0) is 10.8. The fourth-order valence-corrected chi connectivity index (χ4v) is 2.00. The van der Waals surface area contributed by atoms with Crippen LogP contribution >= 0.6 is 0 Å². The number of rotatable bonds is 3. The van der Waals surface area contributed by atoms with Crippen molar-refractivity contribution in [3.8, 4) is 5.75 Å². The number of hydrazine groups is 1. The van der Waals surface area contributed by atoms with Crippen molar-refractivity contribution in [3.63, 3.8) is 0 Å². The van der Waals surface area contributed by atoms with Crippen molar-refractivity contribution in [3.05, 3.63) is 24.3 Å². The minimum atomic E-state index is -3.51. The van der Waals surface area contributed by atoms with E-state index in [-0.39, 0.29) is 10.6 Å². The Balaban J connectivity index is 2.99. The predicted octanol–water partition coefficient (Wildman–Crippen LogP) is 0.147. The van der Waals surface area contributed by atoms with E-state index in [1.54, 1.807) is 14.1 Å². The van der Waals surface area contributed by atoms with E-state index in [0.29, 0.717) is 0 Å². The molecule has 1 rings (SSSR count). The van der Waals surface area contributed by atoms with Gasteiger partial charge in [0.05, 0.1) is 4.90 Å². The van der Waals surface area contributed by atoms with Gasteiger partial charge in [0.2, 0.25) is 0 Å². The summed E-state index contributed by atoms with van der Waals surface area (Å²) in [6.45, 7) is 0. The van der Waals surface area contributed by atoms with Crippen LogP contribution in [0.25, 0.3) is 0 Å². The molecule has 0 bridgehead atoms. The first kappa shape index (κ1) is 11.0. The molecule has 5 nitrogen and oxygen atoms in total. The highest BCUT2D eigenvalue weighted by molar-refractivity contribution is 7.89. The molecule has 0 aliphatic heterocycles. The number of phenols is 1. The fraction of sp³-hybridized carbons (Fsp3) is 0.250. The van der Waals surface area contributed by atoms with Crippen molar-refractivity contribution in [1.82, 2.24) is 9.84 Å². The quantitative estimate of drug-likeness (QED) is 0.705. The molecule has 0 spiro atoms. The van der Waals surface area contributed by atoms with E-state index in [9.17, 15) is 8.42 Å². The molecule has 1 aromatic carbocycles. The molecular weight excluding hydrogens is 204 g/mol. The summed E-state index contributed by atoms with van der Waals surface area (Å²) in [6.07, 6.45) is 0. The van der Waals surface area contributed by atoms with E-state index >= 15 is 0 Å². The van der Waals surface area contributed by atoms with Gasteiger partial charge in [-0.05, 0) is 24.3 Å². The van der Waals surface area contributed by atoms with Crippen LogP contribution in [-0.4, -0.2) is 32.6 Å². The number of benzene rings is 1. The Morgan fingerprint density at radius 3 is 2.14 bits per heavy atom. The summed E-state index contributed by atoms with van der Waals surface area (Å²) in [6, 6.07) is 5.32. The maximum atomic E-state index is 11.5. The Bertz CT molecular complexity index is 397. The lowest BCUT2D eigenvalue weighted by molar-refractivity contribution is 0.364. The maximum absolute atomic E-state index is 11.5. The average Bonchev–Trinajstić information content (AvgIpc) is 2.02. The monoisotopic (exact) mass is 216 g/mol. The highest BCUT2D eigenvalue weighted by atomic mass is 32.2. The molecule has 0 fully saturated rings. The van der Waals surface area contributed by atoms with Gasteiger partial charge in [0.1, 0.15) is 5.75 Å². The lowest BCUT2D eigenvalue weighted by Crippen LogP contribution is -2.36. The minimum Gasteiger partial charge on any atom is -0.508 e. The number of nitrogens with zero attached hydrogens (tertiary/aromatic N) is 1. The Hall–Kier alpha value is -1.11. The molecule has 14 heavy (non-hydrogen) atoms. The Morgan fingerprint density at radius 1 is 1.21 bits per heavy atom. The van der Waals surface area contributed by atoms with Crippen LogP contribution < -0.4 is 4.83 Å². The van der Waals surface area contributed by atoms with Gasteiger partial charge < -0.3 is 5.11 Å². The number of phenolic OH excluding ortho intramolecular Hbond substituents is 1. The van der Waals surface area contributed by atoms with Gasteiger partial charge in [-0.25, -0.2) is 13.4 Å². The zero-order valence-electron chi connectivity index (χ0n) is 7.93. The lowest BCUT2D eigenvalue weighted by atomic mass is 10.3. The third-order valence-corrected chi connectivity index (χ3v) is 2.95. The highest BCUT2D eigenvalue weighted by Crippen LogP contribution is 2.13. The van der Waals surface area contributed by atoms with Crippen molar-refractivity contribution in [2.75, 3.05) is 14.1 Å². The van der Waals surface area contributed by atoms with E-state index in [2.05, 4.69) is 4.83 Å². The molecule has 0 atom stereocenters. The molecule has 0 saturated heterocycles. The maximum Gasteiger partial charge on any atom is 0.253 e. The number of sulfonamides is 1. The third kappa shape index (κ3) is 2.69. The molecular formula is C8H12N2O3S. The minimum absolute atomic E-state index is 0.0359. The molecule has 0 heterocycles. The molecule has 0 radical (unpaired) electrons. The smallest absolute Gasteiger partial charge is 0.253 e. The number of nitrogens with one attached hydrogen (secondary N) is 1. The molecule has 6 heteroatoms. The van der Waals surface area contributed by atoms with Gasteiger partial charge in [-0.15, -0.1) is 4.83 Å². The summed E-state index contributed by atoms with van der Waals surface area (Å²) in [4.78, 5) is 2.39. The standard InChI is InChI=1S/C8H12N2O3S/c1-10(2)9-14(12,13)8-5-3-7(11)4-6-8/h3-6,9,11H,1-2H3. The zero-order valence-corrected chi connectivity index (χ0v) is 8.75. The van der Waals surface area contributed by atoms with Gasteiger partial charge >= 0.3 is 0 Å². The summed E-state index contributed by atoms with van der Waals surface area (Å²) < 4.78 is 23.0. The van der Waals surface area contributed by atoms with Crippen LogP contribution in [-0.2, 0) is 10.0 Å². The van der Waals surface area contributed by atoms with Crippen molar-refractivity contribution in [2.45, 2.75) is 4.90 Å². The number of aromatic hydroxyl groups is 1. The molecule has 0 unspecified atom stereocenters. The fourth-order valence-electron chi connectivity index (χ4n) is 0.918. The Labute approximate surface area is 83.0 Å². The van der Waals surface area contributed by atoms with E-state index in [1.807, 2.05) is 0 Å². The van der Waals surface area contributed by atoms with Gasteiger partial charge in [0, 0.05) is 14.1 Å². The van der Waals surface area contributed by atoms with Crippen molar-refractivity contribution < 1.29 is 13.5 Å². The van der Waals surface area contributed by atoms with Gasteiger partial charge in [0.15, 0.2) is 0 Å². The van der Waals surface area contributed by atoms with Gasteiger partial charge in [-0.3, -0.25) is 0 Å². The molecule has 0 aliphatic rings. The first-order valence-electron chi connectivity index (χ1n) is 3.90. The molecule has 0 aromatic heterocycles. The van der Waals surface area contributed by atoms with Crippen LogP contribution in [0.4, 0.5) is 0 Å². The van der Waals surface area contributed by atoms with Crippen LogP contribution in [0.15, 0.2) is 29.2 Å². The molecule has 2 N–H and O–H groups in total. The first-order chi connectivity index (χ1) is 6.42. The van der Waals surface area contributed by atoms with E-state index < -0.39 is 10.0 Å². The Morgan fingerprint density at radius 2 is 1.71 bits per heavy atom. The third-order valence-electron chi connectivity index (χ3n) is 1.45. The topological polar surface area (TPSA) is 69.6 Å². The highest BCUT2D eigenvalue weighted by Gasteiger charge is 2.13. The summed E-state index contributed by atoms with van der Waals surface area (Å²) >= 11 is 0. The molecule has 78 valence electrons. The van der Waals surface area contributed by atoms with E-state index in [4.69, 9.17) is 5.11 Å². The van der Waals surface area contributed by atoms with Crippen LogP contribution in [0.1, 0.15) is 0 Å². The lowest BCUT2D eigenvalue weighted by Gasteiger charge is -2.12. The second-order valence-electron chi connectivity index (χ2n) is 2.98. The van der Waals surface area contributed by atoms with Gasteiger partial charge in [0.25, 0.3) is 10.0 Å². The summed E-state index contributed by atoms with van der Waals surface area (Å²) in [5.74, 6) is 0.0359. The molecule has 0 amide bonds. The molecule has 0 saturated carbocycles. The normalized spacial score (nSPS) is 11.9. The number of hydrogen-bond acceptors (Lipinski definition) is 4. The predicted molar refractivity (Wildman–Crippen MR) is 52.1 cm³/mol. The summed E-state index contributed by atoms with van der Waals surface area (Å²) in [7, 11) is -0.349. The van der Waals surface area contributed by atoms with Crippen molar-refractivity contribution in [1.29, 1.82) is 0 Å². The van der Waals surface area contributed by atoms with Gasteiger partial charge in [-0.1, -0.05) is 0 Å². The molecule has 1 aromatic rings. The van der Waals surface area contributed by atoms with Crippen LogP contribution in [0, 0.1) is 0 Å². The first-order valence-corrected chi connectivity index (χ1v) is 5.39. The van der Waals surface area contributed by atoms with Crippen molar-refractivity contribution >= 4 is 10.0 Å². The van der Waals surface area contributed by atoms with E-state index in [0.717, 1.165) is 0 Å². The largest absolute Gasteiger partial charge is 0.508 e. The second-order valence-corrected chi connectivity index (χ2v) is 4.64. The van der Waals surface area contributed by atoms with Crippen LogP contribution in [0.5, 0.6) is 5.75 Å². The van der Waals surface area contributed by atoms with Crippen LogP contribution in [0.2, 0.25) is 0 Å². The van der Waals surface area contributed by atoms with Crippen molar-refractivity contribution in [2.24, 2.45) is 0 Å². The second kappa shape index (κ2) is 3.95. The average molecular weight is 216 g/mol.